The van der Waals surface area contributed by atoms with Crippen molar-refractivity contribution < 1.29 is 57.9 Å². The monoisotopic (exact) mass is 737 g/mol. The Morgan fingerprint density at radius 3 is 1.87 bits per heavy atom. The van der Waals surface area contributed by atoms with Gasteiger partial charge in [-0.3, -0.25) is 24.0 Å². The predicted molar refractivity (Wildman–Crippen MR) is 189 cm³/mol. The normalized spacial score (nSPS) is 11.3. The van der Waals surface area contributed by atoms with Crippen LogP contribution in [0.15, 0.2) is 36.5 Å². The molecule has 0 aromatic heterocycles. The first-order valence-corrected chi connectivity index (χ1v) is 17.3. The molecule has 0 aliphatic heterocycles. The Labute approximate surface area is 304 Å². The molecule has 0 saturated heterocycles. The van der Waals surface area contributed by atoms with Gasteiger partial charge in [0.05, 0.1) is 46.1 Å². The molecule has 1 aromatic carbocycles. The zero-order chi connectivity index (χ0) is 38.6. The molecule has 52 heavy (non-hydrogen) atoms. The number of rotatable bonds is 31. The molecule has 0 aliphatic rings. The number of nitrogens with one attached hydrogen (secondary N) is 4. The van der Waals surface area contributed by atoms with E-state index in [4.69, 9.17) is 24.1 Å². The fraction of sp³-hybridized carbons (Fsp3) is 0.600. The average molecular weight is 738 g/mol. The number of carbonyl (C=O) groups is 6. The summed E-state index contributed by atoms with van der Waals surface area (Å²) in [6, 6.07) is 5.11. The summed E-state index contributed by atoms with van der Waals surface area (Å²) in [5.41, 5.74) is 1.49. The third-order valence-corrected chi connectivity index (χ3v) is 7.22. The molecule has 0 fully saturated rings. The number of carboxylic acid groups (broad SMARTS) is 2. The van der Waals surface area contributed by atoms with Crippen molar-refractivity contribution in [3.63, 3.8) is 0 Å². The topological polar surface area (TPSA) is 231 Å². The van der Waals surface area contributed by atoms with Gasteiger partial charge in [0.2, 0.25) is 17.7 Å². The van der Waals surface area contributed by atoms with Crippen molar-refractivity contribution in [1.29, 1.82) is 0 Å². The molecule has 17 heteroatoms. The van der Waals surface area contributed by atoms with Gasteiger partial charge in [-0.25, -0.2) is 4.79 Å². The van der Waals surface area contributed by atoms with E-state index in [2.05, 4.69) is 27.8 Å². The maximum atomic E-state index is 12.7. The number of nitrogens with zero attached hydrogens (tertiary/aromatic N) is 1. The molecule has 292 valence electrons. The van der Waals surface area contributed by atoms with Crippen molar-refractivity contribution in [1.82, 2.24) is 26.2 Å². The molecule has 1 rings (SSSR count). The van der Waals surface area contributed by atoms with E-state index in [1.54, 1.807) is 12.1 Å². The molecule has 1 atom stereocenters. The van der Waals surface area contributed by atoms with Crippen molar-refractivity contribution in [2.45, 2.75) is 58.5 Å². The van der Waals surface area contributed by atoms with Crippen LogP contribution in [0.2, 0.25) is 0 Å². The minimum atomic E-state index is -1.19. The first-order valence-electron chi connectivity index (χ1n) is 17.3. The second-order valence-corrected chi connectivity index (χ2v) is 11.6. The van der Waals surface area contributed by atoms with E-state index >= 15 is 0 Å². The van der Waals surface area contributed by atoms with Crippen LogP contribution in [0.5, 0.6) is 0 Å². The summed E-state index contributed by atoms with van der Waals surface area (Å²) in [5, 5.41) is 29.5. The molecular weight excluding hydrogens is 682 g/mol. The fourth-order valence-electron chi connectivity index (χ4n) is 4.31. The van der Waals surface area contributed by atoms with Gasteiger partial charge >= 0.3 is 11.9 Å². The molecule has 0 radical (unpaired) electrons. The predicted octanol–water partition coefficient (Wildman–Crippen LogP) is 0.675. The number of ether oxygens (including phenoxy) is 4. The lowest BCUT2D eigenvalue weighted by atomic mass is 10.1. The highest BCUT2D eigenvalue weighted by Crippen LogP contribution is 2.11. The quantitative estimate of drug-likeness (QED) is 0.0577. The van der Waals surface area contributed by atoms with Gasteiger partial charge in [0.15, 0.2) is 0 Å². The van der Waals surface area contributed by atoms with Crippen LogP contribution in [0, 0.1) is 0 Å². The van der Waals surface area contributed by atoms with Crippen LogP contribution in [-0.2, 0) is 49.5 Å². The zero-order valence-corrected chi connectivity index (χ0v) is 30.2. The third kappa shape index (κ3) is 23.0. The Bertz CT molecular complexity index is 1260. The first-order chi connectivity index (χ1) is 24.9. The van der Waals surface area contributed by atoms with Crippen LogP contribution in [-0.4, -0.2) is 136 Å². The fourth-order valence-corrected chi connectivity index (χ4v) is 4.31. The van der Waals surface area contributed by atoms with Crippen molar-refractivity contribution in [2.24, 2.45) is 0 Å². The number of carbonyl (C=O) groups excluding carboxylic acids is 4. The van der Waals surface area contributed by atoms with E-state index in [0.29, 0.717) is 50.7 Å². The molecule has 0 heterocycles. The summed E-state index contributed by atoms with van der Waals surface area (Å²) >= 11 is 0. The molecular formula is C35H55N5O12. The second-order valence-electron chi connectivity index (χ2n) is 11.6. The molecule has 0 spiro atoms. The van der Waals surface area contributed by atoms with Crippen LogP contribution >= 0.6 is 0 Å². The highest BCUT2D eigenvalue weighted by atomic mass is 16.5. The van der Waals surface area contributed by atoms with E-state index in [0.717, 1.165) is 12.8 Å². The summed E-state index contributed by atoms with van der Waals surface area (Å²) in [4.78, 5) is 71.9. The SMILES string of the molecule is C=C(CCC(NC(=O)c1ccc(CN(CCC(=O)O)C(C)=O)cc1)C(=O)O)NCCOCCOCC(=O)NCCOCCOCC(=O)NCCCC. The van der Waals surface area contributed by atoms with E-state index in [1.807, 2.05) is 6.92 Å². The van der Waals surface area contributed by atoms with Crippen molar-refractivity contribution in [3.05, 3.63) is 47.7 Å². The maximum Gasteiger partial charge on any atom is 0.326 e. The van der Waals surface area contributed by atoms with Crippen molar-refractivity contribution >= 4 is 35.6 Å². The highest BCUT2D eigenvalue weighted by molar-refractivity contribution is 5.96. The zero-order valence-electron chi connectivity index (χ0n) is 30.2. The third-order valence-electron chi connectivity index (χ3n) is 7.22. The number of hydrogen-bond donors (Lipinski definition) is 6. The molecule has 17 nitrogen and oxygen atoms in total. The number of hydrogen-bond acceptors (Lipinski definition) is 11. The Kier molecular flexibility index (Phi) is 24.5. The number of amides is 4. The summed E-state index contributed by atoms with van der Waals surface area (Å²) in [7, 11) is 0. The van der Waals surface area contributed by atoms with Crippen LogP contribution < -0.4 is 21.3 Å². The number of aliphatic carboxylic acids is 2. The Hall–Kier alpha value is -4.58. The van der Waals surface area contributed by atoms with Gasteiger partial charge in [-0.05, 0) is 37.0 Å². The van der Waals surface area contributed by atoms with Gasteiger partial charge in [-0.1, -0.05) is 32.1 Å². The first kappa shape index (κ1) is 45.4. The van der Waals surface area contributed by atoms with Gasteiger partial charge in [-0.2, -0.15) is 0 Å². The van der Waals surface area contributed by atoms with E-state index in [9.17, 15) is 33.9 Å². The van der Waals surface area contributed by atoms with Gasteiger partial charge in [0.25, 0.3) is 5.91 Å². The van der Waals surface area contributed by atoms with Gasteiger partial charge in [0, 0.05) is 50.9 Å². The minimum Gasteiger partial charge on any atom is -0.481 e. The lowest BCUT2D eigenvalue weighted by Crippen LogP contribution is -2.41. The smallest absolute Gasteiger partial charge is 0.326 e. The summed E-state index contributed by atoms with van der Waals surface area (Å²) in [6.07, 6.45) is 2.12. The van der Waals surface area contributed by atoms with Gasteiger partial charge < -0.3 is 55.3 Å². The summed E-state index contributed by atoms with van der Waals surface area (Å²) < 4.78 is 21.3. The Balaban J connectivity index is 2.15. The average Bonchev–Trinajstić information content (AvgIpc) is 3.10. The van der Waals surface area contributed by atoms with Crippen LogP contribution in [0.3, 0.4) is 0 Å². The molecule has 1 aromatic rings. The lowest BCUT2D eigenvalue weighted by Gasteiger charge is -2.20. The maximum absolute atomic E-state index is 12.7. The van der Waals surface area contributed by atoms with Crippen molar-refractivity contribution in [2.75, 3.05) is 79.0 Å². The van der Waals surface area contributed by atoms with Crippen LogP contribution in [0.1, 0.15) is 61.9 Å². The van der Waals surface area contributed by atoms with Gasteiger partial charge in [0.1, 0.15) is 19.3 Å². The molecule has 0 saturated carbocycles. The number of allylic oxidation sites excluding steroid dienone is 1. The van der Waals surface area contributed by atoms with Gasteiger partial charge in [-0.15, -0.1) is 0 Å². The Morgan fingerprint density at radius 2 is 1.33 bits per heavy atom. The molecule has 0 aliphatic carbocycles. The molecule has 0 bridgehead atoms. The van der Waals surface area contributed by atoms with Crippen LogP contribution in [0.4, 0.5) is 0 Å². The molecule has 6 N–H and O–H groups in total. The molecule has 1 unspecified atom stereocenters. The Morgan fingerprint density at radius 1 is 0.769 bits per heavy atom. The minimum absolute atomic E-state index is 0.0124. The van der Waals surface area contributed by atoms with E-state index in [1.165, 1.54) is 24.0 Å². The van der Waals surface area contributed by atoms with Crippen LogP contribution in [0.25, 0.3) is 0 Å². The lowest BCUT2D eigenvalue weighted by molar-refractivity contribution is -0.140. The standard InChI is InChI=1S/C35H55N5O12/c1-4-5-13-37-31(42)24-51-22-20-50-18-15-38-32(43)25-52-21-19-49-17-14-36-26(2)6-11-30(35(47)48)39-34(46)29-9-7-28(8-10-29)23-40(27(3)41)16-12-33(44)45/h7-10,30,36H,2,4-6,11-25H2,1,3H3,(H,37,42)(H,38,43)(H,39,46)(H,44,45)(H,47,48). The highest BCUT2D eigenvalue weighted by Gasteiger charge is 2.21. The summed E-state index contributed by atoms with van der Waals surface area (Å²) in [5.74, 6) is -3.51. The summed E-state index contributed by atoms with van der Waals surface area (Å²) in [6.45, 7) is 10.4. The van der Waals surface area contributed by atoms with E-state index < -0.39 is 23.9 Å². The number of unbranched alkanes of at least 4 members (excludes halogenated alkanes) is 1. The van der Waals surface area contributed by atoms with E-state index in [-0.39, 0.29) is 88.7 Å². The second kappa shape index (κ2) is 28.1. The molecule has 4 amide bonds. The number of carboxylic acids is 2. The van der Waals surface area contributed by atoms with Crippen molar-refractivity contribution in [3.8, 4) is 0 Å². The number of benzene rings is 1. The largest absolute Gasteiger partial charge is 0.481 e.